The van der Waals surface area contributed by atoms with Crippen molar-refractivity contribution in [2.75, 3.05) is 32.7 Å². The van der Waals surface area contributed by atoms with Crippen LogP contribution in [0.1, 0.15) is 72.6 Å². The van der Waals surface area contributed by atoms with E-state index < -0.39 is 0 Å². The molecule has 1 amide bonds. The second-order valence-corrected chi connectivity index (χ2v) is 10.5. The predicted molar refractivity (Wildman–Crippen MR) is 148 cm³/mol. The molecule has 3 rings (SSSR count). The Hall–Kier alpha value is -2.40. The molecule has 1 saturated heterocycles. The molecule has 2 atom stereocenters. The number of amides is 1. The van der Waals surface area contributed by atoms with Crippen LogP contribution in [0.25, 0.3) is 0 Å². The molecular formula is C30H46N4O. The molecule has 0 bridgehead atoms. The Morgan fingerprint density at radius 3 is 2.43 bits per heavy atom. The Kier molecular flexibility index (Phi) is 9.73. The molecule has 3 aliphatic rings. The van der Waals surface area contributed by atoms with Crippen LogP contribution in [0.4, 0.5) is 0 Å². The number of likely N-dealkylation sites (N-methyl/N-ethyl adjacent to an activating group) is 1. The number of nitrogens with zero attached hydrogens (tertiary/aromatic N) is 4. The average molecular weight is 479 g/mol. The third-order valence-electron chi connectivity index (χ3n) is 7.78. The highest BCUT2D eigenvalue weighted by molar-refractivity contribution is 6.02. The van der Waals surface area contributed by atoms with E-state index in [1.807, 2.05) is 13.0 Å². The Labute approximate surface area is 213 Å². The minimum Gasteiger partial charge on any atom is -0.340 e. The largest absolute Gasteiger partial charge is 0.340 e. The molecule has 5 heteroatoms. The summed E-state index contributed by atoms with van der Waals surface area (Å²) in [6.45, 7) is 26.0. The lowest BCUT2D eigenvalue weighted by Crippen LogP contribution is -2.50. The van der Waals surface area contributed by atoms with Crippen molar-refractivity contribution in [1.29, 1.82) is 0 Å². The molecule has 2 aliphatic heterocycles. The van der Waals surface area contributed by atoms with Crippen molar-refractivity contribution in [2.24, 2.45) is 16.8 Å². The van der Waals surface area contributed by atoms with Gasteiger partial charge < -0.3 is 14.7 Å². The van der Waals surface area contributed by atoms with E-state index in [-0.39, 0.29) is 5.92 Å². The molecule has 0 aromatic heterocycles. The van der Waals surface area contributed by atoms with Gasteiger partial charge in [0.1, 0.15) is 5.82 Å². The van der Waals surface area contributed by atoms with Gasteiger partial charge >= 0.3 is 0 Å². The number of carbonyl (C=O) groups is 1. The summed E-state index contributed by atoms with van der Waals surface area (Å²) in [5, 5.41) is 0. The SMILES string of the molecule is C=CC=C1N=C2CCC(C)CCC2=C(CC(=C)CC(CC)C(=O)N2CCN(CC)CC2)N1C(=C)C. The first kappa shape index (κ1) is 27.2. The van der Waals surface area contributed by atoms with Gasteiger partial charge in [-0.1, -0.05) is 52.2 Å². The van der Waals surface area contributed by atoms with E-state index in [0.29, 0.717) is 11.8 Å². The number of piperazine rings is 1. The molecule has 0 spiro atoms. The van der Waals surface area contributed by atoms with Gasteiger partial charge in [0, 0.05) is 55.6 Å². The van der Waals surface area contributed by atoms with E-state index in [2.05, 4.69) is 55.2 Å². The molecule has 2 unspecified atom stereocenters. The van der Waals surface area contributed by atoms with Gasteiger partial charge in [0.2, 0.25) is 5.91 Å². The highest BCUT2D eigenvalue weighted by Gasteiger charge is 2.31. The van der Waals surface area contributed by atoms with E-state index >= 15 is 0 Å². The molecule has 1 aliphatic carbocycles. The molecule has 0 N–H and O–H groups in total. The Morgan fingerprint density at radius 1 is 1.14 bits per heavy atom. The standard InChI is InChI=1S/C30H46N4O/c1-8-11-29-31-27-15-13-23(6)12-14-26(27)28(34(29)22(4)5)21-24(7)20-25(9-2)30(35)33-18-16-32(10-3)17-19-33/h8,11,23,25H,1,4,7,9-10,12-21H2,2-3,5-6H3. The molecule has 0 radical (unpaired) electrons. The molecule has 2 heterocycles. The van der Waals surface area contributed by atoms with Crippen molar-refractivity contribution in [3.63, 3.8) is 0 Å². The van der Waals surface area contributed by atoms with Gasteiger partial charge in [-0.3, -0.25) is 4.79 Å². The normalized spacial score (nSPS) is 23.5. The summed E-state index contributed by atoms with van der Waals surface area (Å²) in [6, 6.07) is 0. The van der Waals surface area contributed by atoms with Gasteiger partial charge in [-0.25, -0.2) is 4.99 Å². The van der Waals surface area contributed by atoms with Gasteiger partial charge in [0.05, 0.1) is 0 Å². The topological polar surface area (TPSA) is 39.2 Å². The zero-order chi connectivity index (χ0) is 25.5. The molecule has 5 nitrogen and oxygen atoms in total. The Bertz CT molecular complexity index is 917. The minimum atomic E-state index is -0.00590. The van der Waals surface area contributed by atoms with Crippen LogP contribution in [0.15, 0.2) is 65.2 Å². The first-order chi connectivity index (χ1) is 16.8. The van der Waals surface area contributed by atoms with Crippen LogP contribution in [0.5, 0.6) is 0 Å². The monoisotopic (exact) mass is 478 g/mol. The molecule has 2 fully saturated rings. The summed E-state index contributed by atoms with van der Waals surface area (Å²) in [4.78, 5) is 25.1. The summed E-state index contributed by atoms with van der Waals surface area (Å²) < 4.78 is 0. The maximum atomic E-state index is 13.4. The zero-order valence-electron chi connectivity index (χ0n) is 22.6. The minimum absolute atomic E-state index is 0.00590. The third kappa shape index (κ3) is 6.63. The van der Waals surface area contributed by atoms with E-state index in [9.17, 15) is 4.79 Å². The summed E-state index contributed by atoms with van der Waals surface area (Å²) in [6.07, 6.45) is 10.5. The van der Waals surface area contributed by atoms with E-state index in [1.165, 1.54) is 29.8 Å². The van der Waals surface area contributed by atoms with Crippen LogP contribution in [0, 0.1) is 11.8 Å². The van der Waals surface area contributed by atoms with Crippen molar-refractivity contribution >= 4 is 11.6 Å². The highest BCUT2D eigenvalue weighted by Crippen LogP contribution is 2.39. The Morgan fingerprint density at radius 2 is 1.83 bits per heavy atom. The van der Waals surface area contributed by atoms with Crippen molar-refractivity contribution in [2.45, 2.75) is 72.6 Å². The first-order valence-electron chi connectivity index (χ1n) is 13.5. The number of aliphatic imine (C=N–C) groups is 1. The van der Waals surface area contributed by atoms with Crippen LogP contribution in [-0.4, -0.2) is 59.0 Å². The van der Waals surface area contributed by atoms with Crippen LogP contribution in [0.3, 0.4) is 0 Å². The molecule has 192 valence electrons. The van der Waals surface area contributed by atoms with Crippen molar-refractivity contribution in [3.05, 3.63) is 60.3 Å². The third-order valence-corrected chi connectivity index (χ3v) is 7.78. The van der Waals surface area contributed by atoms with Crippen LogP contribution < -0.4 is 0 Å². The summed E-state index contributed by atoms with van der Waals surface area (Å²) in [5.41, 5.74) is 5.87. The number of hydrogen-bond donors (Lipinski definition) is 0. The maximum Gasteiger partial charge on any atom is 0.226 e. The van der Waals surface area contributed by atoms with Crippen LogP contribution in [0.2, 0.25) is 0 Å². The number of hydrogen-bond acceptors (Lipinski definition) is 4. The van der Waals surface area contributed by atoms with Crippen LogP contribution >= 0.6 is 0 Å². The van der Waals surface area contributed by atoms with Gasteiger partial charge in [0.15, 0.2) is 0 Å². The fourth-order valence-electron chi connectivity index (χ4n) is 5.54. The quantitative estimate of drug-likeness (QED) is 0.365. The van der Waals surface area contributed by atoms with E-state index in [0.717, 1.165) is 81.9 Å². The van der Waals surface area contributed by atoms with Crippen molar-refractivity contribution < 1.29 is 4.79 Å². The lowest BCUT2D eigenvalue weighted by atomic mass is 9.90. The van der Waals surface area contributed by atoms with Crippen molar-refractivity contribution in [1.82, 2.24) is 14.7 Å². The van der Waals surface area contributed by atoms with E-state index in [1.54, 1.807) is 6.08 Å². The fourth-order valence-corrected chi connectivity index (χ4v) is 5.54. The zero-order valence-corrected chi connectivity index (χ0v) is 22.6. The van der Waals surface area contributed by atoms with Gasteiger partial charge in [-0.05, 0) is 69.6 Å². The number of allylic oxidation sites excluding steroid dienone is 5. The lowest BCUT2D eigenvalue weighted by Gasteiger charge is -2.36. The predicted octanol–water partition coefficient (Wildman–Crippen LogP) is 6.29. The molecular weight excluding hydrogens is 432 g/mol. The summed E-state index contributed by atoms with van der Waals surface area (Å²) in [5.74, 6) is 1.87. The molecule has 0 aromatic rings. The fraction of sp³-hybridized carbons (Fsp3) is 0.600. The summed E-state index contributed by atoms with van der Waals surface area (Å²) in [7, 11) is 0. The second-order valence-electron chi connectivity index (χ2n) is 10.5. The lowest BCUT2D eigenvalue weighted by molar-refractivity contribution is -0.137. The highest BCUT2D eigenvalue weighted by atomic mass is 16.2. The maximum absolute atomic E-state index is 13.4. The number of rotatable bonds is 9. The smallest absolute Gasteiger partial charge is 0.226 e. The molecule has 1 saturated carbocycles. The number of fused-ring (bicyclic) bond motifs is 1. The average Bonchev–Trinajstić information content (AvgIpc) is 3.03. The summed E-state index contributed by atoms with van der Waals surface area (Å²) >= 11 is 0. The second kappa shape index (κ2) is 12.5. The van der Waals surface area contributed by atoms with Crippen LogP contribution in [-0.2, 0) is 4.79 Å². The van der Waals surface area contributed by atoms with Gasteiger partial charge in [0.25, 0.3) is 0 Å². The van der Waals surface area contributed by atoms with Crippen molar-refractivity contribution in [3.8, 4) is 0 Å². The molecule has 35 heavy (non-hydrogen) atoms. The Balaban J connectivity index is 1.81. The van der Waals surface area contributed by atoms with Gasteiger partial charge in [-0.2, -0.15) is 0 Å². The van der Waals surface area contributed by atoms with Gasteiger partial charge in [-0.15, -0.1) is 0 Å². The van der Waals surface area contributed by atoms with E-state index in [4.69, 9.17) is 4.99 Å². The molecule has 0 aromatic carbocycles. The number of carbonyl (C=O) groups excluding carboxylic acids is 1. The first-order valence-corrected chi connectivity index (χ1v) is 13.5.